The third-order valence-corrected chi connectivity index (χ3v) is 1.14. The molecule has 0 bridgehead atoms. The first-order chi connectivity index (χ1) is 4.14. The third-order valence-electron chi connectivity index (χ3n) is 1.14. The van der Waals surface area contributed by atoms with Crippen LogP contribution in [0, 0.1) is 0 Å². The zero-order valence-electron chi connectivity index (χ0n) is 5.59. The van der Waals surface area contributed by atoms with Crippen molar-refractivity contribution in [1.82, 2.24) is 0 Å². The molecule has 3 heteroatoms. The average Bonchev–Trinajstić information content (AvgIpc) is 2.10. The van der Waals surface area contributed by atoms with Crippen molar-refractivity contribution in [2.75, 3.05) is 6.61 Å². The van der Waals surface area contributed by atoms with Gasteiger partial charge in [-0.15, -0.1) is 0 Å². The number of aldehydes is 1. The molecular weight excluding hydrogens is 120 g/mol. The molecule has 3 nitrogen and oxygen atoms in total. The molecule has 0 N–H and O–H groups in total. The van der Waals surface area contributed by atoms with Crippen LogP contribution in [0.4, 0.5) is 0 Å². The molecule has 0 unspecified atom stereocenters. The second kappa shape index (κ2) is 2.08. The lowest BCUT2D eigenvalue weighted by molar-refractivity contribution is -0.136. The van der Waals surface area contributed by atoms with Gasteiger partial charge in [0.2, 0.25) is 6.29 Å². The minimum absolute atomic E-state index is 0.286. The van der Waals surface area contributed by atoms with Gasteiger partial charge in [0.15, 0.2) is 6.29 Å². The predicted octanol–water partition coefficient (Wildman–Crippen LogP) is 0.337. The van der Waals surface area contributed by atoms with Gasteiger partial charge in [0.05, 0.1) is 12.2 Å². The summed E-state index contributed by atoms with van der Waals surface area (Å²) in [4.78, 5) is 10.0. The SMILES string of the molecule is CC1(C)CO[C@@H](C=O)O1. The van der Waals surface area contributed by atoms with Crippen LogP contribution < -0.4 is 0 Å². The highest BCUT2D eigenvalue weighted by Crippen LogP contribution is 2.19. The zero-order chi connectivity index (χ0) is 6.91. The lowest BCUT2D eigenvalue weighted by atomic mass is 10.2. The Labute approximate surface area is 53.9 Å². The van der Waals surface area contributed by atoms with Crippen molar-refractivity contribution in [2.45, 2.75) is 25.7 Å². The maximum absolute atomic E-state index is 10.0. The normalized spacial score (nSPS) is 32.4. The van der Waals surface area contributed by atoms with E-state index in [2.05, 4.69) is 0 Å². The quantitative estimate of drug-likeness (QED) is 0.480. The highest BCUT2D eigenvalue weighted by molar-refractivity contribution is 5.54. The summed E-state index contributed by atoms with van der Waals surface area (Å²) < 4.78 is 10.0. The molecule has 0 aromatic heterocycles. The predicted molar refractivity (Wildman–Crippen MR) is 31.0 cm³/mol. The first-order valence-electron chi connectivity index (χ1n) is 2.89. The minimum Gasteiger partial charge on any atom is -0.343 e. The van der Waals surface area contributed by atoms with Gasteiger partial charge in [0, 0.05) is 0 Å². The summed E-state index contributed by atoms with van der Waals surface area (Å²) in [7, 11) is 0. The van der Waals surface area contributed by atoms with Crippen LogP contribution >= 0.6 is 0 Å². The second-order valence-electron chi connectivity index (χ2n) is 2.69. The van der Waals surface area contributed by atoms with E-state index in [0.717, 1.165) is 0 Å². The monoisotopic (exact) mass is 130 g/mol. The highest BCUT2D eigenvalue weighted by Gasteiger charge is 2.31. The number of carbonyl (C=O) groups is 1. The first kappa shape index (κ1) is 6.71. The van der Waals surface area contributed by atoms with E-state index in [9.17, 15) is 4.79 Å². The molecular formula is C6H10O3. The number of hydrogen-bond acceptors (Lipinski definition) is 3. The maximum atomic E-state index is 10.0. The second-order valence-corrected chi connectivity index (χ2v) is 2.69. The molecule has 1 heterocycles. The van der Waals surface area contributed by atoms with Crippen LogP contribution in [-0.4, -0.2) is 24.8 Å². The Morgan fingerprint density at radius 2 is 2.33 bits per heavy atom. The van der Waals surface area contributed by atoms with Crippen LogP contribution in [0.2, 0.25) is 0 Å². The third kappa shape index (κ3) is 1.50. The molecule has 52 valence electrons. The van der Waals surface area contributed by atoms with Gasteiger partial charge in [-0.3, -0.25) is 4.79 Å². The van der Waals surface area contributed by atoms with Crippen molar-refractivity contribution in [1.29, 1.82) is 0 Å². The van der Waals surface area contributed by atoms with E-state index in [1.807, 2.05) is 13.8 Å². The fraction of sp³-hybridized carbons (Fsp3) is 0.833. The summed E-state index contributed by atoms with van der Waals surface area (Å²) in [5, 5.41) is 0. The number of carbonyl (C=O) groups excluding carboxylic acids is 1. The first-order valence-corrected chi connectivity index (χ1v) is 2.89. The number of rotatable bonds is 1. The van der Waals surface area contributed by atoms with Crippen molar-refractivity contribution in [3.8, 4) is 0 Å². The Balaban J connectivity index is 2.47. The molecule has 9 heavy (non-hydrogen) atoms. The summed E-state index contributed by atoms with van der Waals surface area (Å²) in [5.41, 5.74) is -0.286. The molecule has 1 fully saturated rings. The van der Waals surface area contributed by atoms with Crippen molar-refractivity contribution >= 4 is 6.29 Å². The van der Waals surface area contributed by atoms with E-state index in [-0.39, 0.29) is 5.60 Å². The van der Waals surface area contributed by atoms with Crippen LogP contribution in [0.1, 0.15) is 13.8 Å². The summed E-state index contributed by atoms with van der Waals surface area (Å²) in [5.74, 6) is 0. The minimum atomic E-state index is -0.639. The molecule has 0 amide bonds. The van der Waals surface area contributed by atoms with Gasteiger partial charge >= 0.3 is 0 Å². The molecule has 0 saturated carbocycles. The van der Waals surface area contributed by atoms with Gasteiger partial charge in [0.1, 0.15) is 0 Å². The van der Waals surface area contributed by atoms with Crippen LogP contribution in [0.5, 0.6) is 0 Å². The molecule has 0 spiro atoms. The Bertz CT molecular complexity index is 119. The largest absolute Gasteiger partial charge is 0.343 e. The fourth-order valence-corrected chi connectivity index (χ4v) is 0.732. The van der Waals surface area contributed by atoms with E-state index >= 15 is 0 Å². The molecule has 0 aromatic rings. The van der Waals surface area contributed by atoms with Gasteiger partial charge in [-0.2, -0.15) is 0 Å². The van der Waals surface area contributed by atoms with Crippen LogP contribution in [-0.2, 0) is 14.3 Å². The van der Waals surface area contributed by atoms with Crippen molar-refractivity contribution in [3.63, 3.8) is 0 Å². The van der Waals surface area contributed by atoms with E-state index in [1.165, 1.54) is 0 Å². The van der Waals surface area contributed by atoms with Gasteiger partial charge in [0.25, 0.3) is 0 Å². The molecule has 1 aliphatic heterocycles. The smallest absolute Gasteiger partial charge is 0.215 e. The number of ether oxygens (including phenoxy) is 2. The van der Waals surface area contributed by atoms with E-state index in [4.69, 9.17) is 9.47 Å². The van der Waals surface area contributed by atoms with E-state index in [1.54, 1.807) is 0 Å². The Kier molecular flexibility index (Phi) is 1.55. The molecule has 0 radical (unpaired) electrons. The van der Waals surface area contributed by atoms with Gasteiger partial charge in [-0.1, -0.05) is 0 Å². The Morgan fingerprint density at radius 3 is 2.56 bits per heavy atom. The summed E-state index contributed by atoms with van der Waals surface area (Å²) in [6.07, 6.45) is 0.0226. The molecule has 1 saturated heterocycles. The number of hydrogen-bond donors (Lipinski definition) is 0. The summed E-state index contributed by atoms with van der Waals surface area (Å²) in [6.45, 7) is 4.27. The van der Waals surface area contributed by atoms with Crippen molar-refractivity contribution < 1.29 is 14.3 Å². The summed E-state index contributed by atoms with van der Waals surface area (Å²) >= 11 is 0. The van der Waals surface area contributed by atoms with Gasteiger partial charge in [-0.25, -0.2) is 0 Å². The molecule has 1 rings (SSSR count). The van der Waals surface area contributed by atoms with E-state index < -0.39 is 6.29 Å². The van der Waals surface area contributed by atoms with Crippen LogP contribution in [0.25, 0.3) is 0 Å². The van der Waals surface area contributed by atoms with Crippen molar-refractivity contribution in [3.05, 3.63) is 0 Å². The average molecular weight is 130 g/mol. The topological polar surface area (TPSA) is 35.5 Å². The maximum Gasteiger partial charge on any atom is 0.215 e. The standard InChI is InChI=1S/C6H10O3/c1-6(2)4-8-5(3-7)9-6/h3,5H,4H2,1-2H3/t5-/m1/s1. The lowest BCUT2D eigenvalue weighted by Gasteiger charge is -2.12. The van der Waals surface area contributed by atoms with E-state index in [0.29, 0.717) is 12.9 Å². The van der Waals surface area contributed by atoms with Gasteiger partial charge in [-0.05, 0) is 13.8 Å². The Hall–Kier alpha value is -0.410. The zero-order valence-corrected chi connectivity index (χ0v) is 5.59. The van der Waals surface area contributed by atoms with Gasteiger partial charge < -0.3 is 9.47 Å². The van der Waals surface area contributed by atoms with Crippen LogP contribution in [0.3, 0.4) is 0 Å². The van der Waals surface area contributed by atoms with Crippen molar-refractivity contribution in [2.24, 2.45) is 0 Å². The molecule has 0 aromatic carbocycles. The molecule has 0 aliphatic carbocycles. The molecule has 1 aliphatic rings. The summed E-state index contributed by atoms with van der Waals surface area (Å²) in [6, 6.07) is 0. The highest BCUT2D eigenvalue weighted by atomic mass is 16.7. The molecule has 1 atom stereocenters. The van der Waals surface area contributed by atoms with Crippen LogP contribution in [0.15, 0.2) is 0 Å². The lowest BCUT2D eigenvalue weighted by Crippen LogP contribution is -2.23. The fourth-order valence-electron chi connectivity index (χ4n) is 0.732. The Morgan fingerprint density at radius 1 is 1.67 bits per heavy atom.